The molecule has 0 spiro atoms. The molecule has 9 heteroatoms. The Bertz CT molecular complexity index is 1230. The number of halogens is 1. The average Bonchev–Trinajstić information content (AvgIpc) is 2.81. The van der Waals surface area contributed by atoms with E-state index in [2.05, 4.69) is 0 Å². The van der Waals surface area contributed by atoms with E-state index in [4.69, 9.17) is 20.5 Å². The largest absolute Gasteiger partial charge is 0.497 e. The Hall–Kier alpha value is -3.07. The fourth-order valence-electron chi connectivity index (χ4n) is 3.21. The number of amides is 1. The molecule has 0 saturated heterocycles. The molecule has 0 N–H and O–H groups in total. The third-order valence-electron chi connectivity index (χ3n) is 5.03. The van der Waals surface area contributed by atoms with Crippen LogP contribution in [-0.2, 0) is 16.7 Å². The molecule has 0 bridgehead atoms. The van der Waals surface area contributed by atoms with E-state index in [9.17, 15) is 13.2 Å². The predicted molar refractivity (Wildman–Crippen MR) is 132 cm³/mol. The molecule has 0 unspecified atom stereocenters. The van der Waals surface area contributed by atoms with Crippen LogP contribution in [0.25, 0.3) is 0 Å². The summed E-state index contributed by atoms with van der Waals surface area (Å²) in [5.41, 5.74) is 1.14. The maximum atomic E-state index is 13.2. The zero-order chi connectivity index (χ0) is 24.7. The van der Waals surface area contributed by atoms with Crippen molar-refractivity contribution in [3.8, 4) is 11.5 Å². The molecule has 0 atom stereocenters. The van der Waals surface area contributed by atoms with Crippen molar-refractivity contribution >= 4 is 27.6 Å². The molecule has 0 fully saturated rings. The lowest BCUT2D eigenvalue weighted by atomic mass is 10.1. The topological polar surface area (TPSA) is 76.2 Å². The maximum Gasteiger partial charge on any atom is 0.339 e. The van der Waals surface area contributed by atoms with E-state index in [1.807, 2.05) is 25.1 Å². The number of rotatable bonds is 10. The Balaban J connectivity index is 1.81. The van der Waals surface area contributed by atoms with Gasteiger partial charge in [0.15, 0.2) is 0 Å². The summed E-state index contributed by atoms with van der Waals surface area (Å²) in [6, 6.07) is 19.5. The Morgan fingerprint density at radius 1 is 0.912 bits per heavy atom. The standard InChI is InChI=1S/C25H27ClN2O5S/c1-27(2)15-16-28(25(29)23-9-4-5-10-24(23)26)18-19-7-6-8-21(17-19)33-34(30,31)22-13-11-20(32-3)12-14-22/h4-14,17H,15-16,18H2,1-3H3. The van der Waals surface area contributed by atoms with Crippen molar-refractivity contribution in [3.63, 3.8) is 0 Å². The van der Waals surface area contributed by atoms with Crippen molar-refractivity contribution in [3.05, 3.63) is 88.9 Å². The van der Waals surface area contributed by atoms with Crippen molar-refractivity contribution in [2.45, 2.75) is 11.4 Å². The van der Waals surface area contributed by atoms with Gasteiger partial charge in [-0.1, -0.05) is 35.9 Å². The van der Waals surface area contributed by atoms with Crippen molar-refractivity contribution < 1.29 is 22.1 Å². The Morgan fingerprint density at radius 2 is 1.62 bits per heavy atom. The van der Waals surface area contributed by atoms with Gasteiger partial charge in [0, 0.05) is 19.6 Å². The minimum absolute atomic E-state index is 0.0141. The van der Waals surface area contributed by atoms with Crippen LogP contribution in [0.15, 0.2) is 77.7 Å². The second-order valence-corrected chi connectivity index (χ2v) is 9.82. The van der Waals surface area contributed by atoms with Crippen LogP contribution >= 0.6 is 11.6 Å². The van der Waals surface area contributed by atoms with Crippen LogP contribution in [0, 0.1) is 0 Å². The van der Waals surface area contributed by atoms with Gasteiger partial charge in [-0.05, 0) is 68.2 Å². The summed E-state index contributed by atoms with van der Waals surface area (Å²) in [6.07, 6.45) is 0. The van der Waals surface area contributed by atoms with Crippen molar-refractivity contribution in [2.24, 2.45) is 0 Å². The number of benzene rings is 3. The van der Waals surface area contributed by atoms with Gasteiger partial charge in [0.25, 0.3) is 5.91 Å². The molecule has 3 aromatic carbocycles. The first-order valence-electron chi connectivity index (χ1n) is 10.6. The number of hydrogen-bond donors (Lipinski definition) is 0. The molecule has 0 aliphatic rings. The fourth-order valence-corrected chi connectivity index (χ4v) is 4.35. The van der Waals surface area contributed by atoms with Gasteiger partial charge >= 0.3 is 10.1 Å². The van der Waals surface area contributed by atoms with Gasteiger partial charge in [-0.15, -0.1) is 0 Å². The van der Waals surface area contributed by atoms with E-state index < -0.39 is 10.1 Å². The lowest BCUT2D eigenvalue weighted by molar-refractivity contribution is 0.0732. The average molecular weight is 503 g/mol. The monoisotopic (exact) mass is 502 g/mol. The number of carbonyl (C=O) groups excluding carboxylic acids is 1. The van der Waals surface area contributed by atoms with Gasteiger partial charge in [-0.25, -0.2) is 0 Å². The van der Waals surface area contributed by atoms with Crippen LogP contribution in [0.4, 0.5) is 0 Å². The number of nitrogens with zero attached hydrogens (tertiary/aromatic N) is 2. The first-order valence-corrected chi connectivity index (χ1v) is 12.3. The third kappa shape index (κ3) is 6.72. The number of hydrogen-bond acceptors (Lipinski definition) is 6. The van der Waals surface area contributed by atoms with E-state index in [1.165, 1.54) is 19.2 Å². The summed E-state index contributed by atoms with van der Waals surface area (Å²) in [5, 5.41) is 0.380. The van der Waals surface area contributed by atoms with Crippen LogP contribution in [0.1, 0.15) is 15.9 Å². The van der Waals surface area contributed by atoms with Crippen LogP contribution in [0.5, 0.6) is 11.5 Å². The van der Waals surface area contributed by atoms with Crippen LogP contribution in [0.3, 0.4) is 0 Å². The predicted octanol–water partition coefficient (Wildman–Crippen LogP) is 4.32. The van der Waals surface area contributed by atoms with E-state index in [1.54, 1.807) is 59.5 Å². The molecule has 1 amide bonds. The highest BCUT2D eigenvalue weighted by Gasteiger charge is 2.20. The summed E-state index contributed by atoms with van der Waals surface area (Å²) in [7, 11) is 1.33. The molecule has 0 aliphatic heterocycles. The zero-order valence-electron chi connectivity index (χ0n) is 19.3. The summed E-state index contributed by atoms with van der Waals surface area (Å²) < 4.78 is 35.8. The second-order valence-electron chi connectivity index (χ2n) is 7.87. The molecular formula is C25H27ClN2O5S. The number of ether oxygens (including phenoxy) is 1. The number of carbonyl (C=O) groups is 1. The maximum absolute atomic E-state index is 13.2. The summed E-state index contributed by atoms with van der Waals surface area (Å²) >= 11 is 6.25. The molecule has 180 valence electrons. The Morgan fingerprint density at radius 3 is 2.26 bits per heavy atom. The first kappa shape index (κ1) is 25.6. The van der Waals surface area contributed by atoms with Crippen molar-refractivity contribution in [2.75, 3.05) is 34.3 Å². The molecule has 0 aliphatic carbocycles. The van der Waals surface area contributed by atoms with E-state index in [-0.39, 0.29) is 23.1 Å². The van der Waals surface area contributed by atoms with Crippen molar-refractivity contribution in [1.82, 2.24) is 9.80 Å². The Kier molecular flexibility index (Phi) is 8.55. The Labute approximate surface area is 205 Å². The molecule has 7 nitrogen and oxygen atoms in total. The second kappa shape index (κ2) is 11.4. The lowest BCUT2D eigenvalue weighted by Crippen LogP contribution is -2.36. The molecule has 0 heterocycles. The van der Waals surface area contributed by atoms with Gasteiger partial charge in [-0.3, -0.25) is 4.79 Å². The minimum Gasteiger partial charge on any atom is -0.497 e. The van der Waals surface area contributed by atoms with Crippen LogP contribution < -0.4 is 8.92 Å². The van der Waals surface area contributed by atoms with Gasteiger partial charge < -0.3 is 18.7 Å². The summed E-state index contributed by atoms with van der Waals surface area (Å²) in [5.74, 6) is 0.498. The third-order valence-corrected chi connectivity index (χ3v) is 6.63. The highest BCUT2D eigenvalue weighted by atomic mass is 35.5. The SMILES string of the molecule is COc1ccc(S(=O)(=O)Oc2cccc(CN(CCN(C)C)C(=O)c3ccccc3Cl)c2)cc1. The van der Waals surface area contributed by atoms with E-state index in [0.717, 1.165) is 5.56 Å². The number of likely N-dealkylation sites (N-methyl/N-ethyl adjacent to an activating group) is 1. The molecule has 0 radical (unpaired) electrons. The first-order chi connectivity index (χ1) is 16.2. The number of methoxy groups -OCH3 is 1. The summed E-state index contributed by atoms with van der Waals surface area (Å²) in [4.78, 5) is 16.9. The molecular weight excluding hydrogens is 476 g/mol. The molecule has 0 aromatic heterocycles. The quantitative estimate of drug-likeness (QED) is 0.384. The molecule has 34 heavy (non-hydrogen) atoms. The fraction of sp³-hybridized carbons (Fsp3) is 0.240. The van der Waals surface area contributed by atoms with Crippen LogP contribution in [-0.4, -0.2) is 58.4 Å². The van der Waals surface area contributed by atoms with Crippen LogP contribution in [0.2, 0.25) is 5.02 Å². The highest BCUT2D eigenvalue weighted by molar-refractivity contribution is 7.87. The van der Waals surface area contributed by atoms with E-state index >= 15 is 0 Å². The highest BCUT2D eigenvalue weighted by Crippen LogP contribution is 2.23. The minimum atomic E-state index is -4.03. The molecule has 0 saturated carbocycles. The molecule has 3 rings (SSSR count). The zero-order valence-corrected chi connectivity index (χ0v) is 20.8. The normalized spacial score (nSPS) is 11.3. The van der Waals surface area contributed by atoms with Crippen molar-refractivity contribution in [1.29, 1.82) is 0 Å². The summed E-state index contributed by atoms with van der Waals surface area (Å²) in [6.45, 7) is 1.38. The lowest BCUT2D eigenvalue weighted by Gasteiger charge is -2.25. The van der Waals surface area contributed by atoms with Gasteiger partial charge in [-0.2, -0.15) is 8.42 Å². The van der Waals surface area contributed by atoms with Gasteiger partial charge in [0.2, 0.25) is 0 Å². The molecule has 3 aromatic rings. The van der Waals surface area contributed by atoms with Gasteiger partial charge in [0.05, 0.1) is 17.7 Å². The van der Waals surface area contributed by atoms with E-state index in [0.29, 0.717) is 29.4 Å². The van der Waals surface area contributed by atoms with Gasteiger partial charge in [0.1, 0.15) is 16.4 Å². The smallest absolute Gasteiger partial charge is 0.339 e.